The lowest BCUT2D eigenvalue weighted by molar-refractivity contribution is -0.124. The summed E-state index contributed by atoms with van der Waals surface area (Å²) in [4.78, 5) is 16.0. The number of hydrogen-bond acceptors (Lipinski definition) is 4. The normalized spacial score (nSPS) is 27.1. The number of aryl methyl sites for hydroxylation is 1. The maximum absolute atomic E-state index is 11.5. The molecule has 2 atom stereocenters. The van der Waals surface area contributed by atoms with Crippen molar-refractivity contribution in [3.05, 3.63) is 35.4 Å². The number of carbonyl (C=O) groups excluding carboxylic acids is 1. The van der Waals surface area contributed by atoms with Crippen molar-refractivity contribution in [3.8, 4) is 0 Å². The van der Waals surface area contributed by atoms with E-state index in [1.807, 2.05) is 31.2 Å². The van der Waals surface area contributed by atoms with Crippen molar-refractivity contribution in [2.45, 2.75) is 24.8 Å². The molecular weight excluding hydrogens is 248 g/mol. The molecule has 1 unspecified atom stereocenters. The van der Waals surface area contributed by atoms with Crippen molar-refractivity contribution in [3.63, 3.8) is 0 Å². The summed E-state index contributed by atoms with van der Waals surface area (Å²) < 4.78 is 5.31. The summed E-state index contributed by atoms with van der Waals surface area (Å²) in [6.07, 6.45) is 0. The van der Waals surface area contributed by atoms with Crippen LogP contribution in [0.5, 0.6) is 0 Å². The largest absolute Gasteiger partial charge is 0.367 e. The first-order valence-electron chi connectivity index (χ1n) is 5.63. The number of primary amides is 1. The van der Waals surface area contributed by atoms with E-state index in [9.17, 15) is 4.79 Å². The molecule has 0 spiro atoms. The van der Waals surface area contributed by atoms with E-state index in [-0.39, 0.29) is 5.44 Å². The topological polar surface area (TPSA) is 64.7 Å². The number of aliphatic imine (C=N–C) groups is 1. The zero-order valence-corrected chi connectivity index (χ0v) is 11.5. The van der Waals surface area contributed by atoms with E-state index in [0.29, 0.717) is 0 Å². The number of thioether (sulfide) groups is 1. The average Bonchev–Trinajstić information content (AvgIpc) is 2.69. The maximum atomic E-state index is 11.5. The number of ether oxygens (including phenoxy) is 1. The van der Waals surface area contributed by atoms with Gasteiger partial charge in [-0.15, -0.1) is 0 Å². The zero-order valence-electron chi connectivity index (χ0n) is 10.6. The minimum atomic E-state index is -1.00. The predicted molar refractivity (Wildman–Crippen MR) is 73.7 cm³/mol. The molecule has 1 heterocycles. The minimum Gasteiger partial charge on any atom is -0.367 e. The molecule has 0 radical (unpaired) electrons. The van der Waals surface area contributed by atoms with Crippen LogP contribution in [0.15, 0.2) is 29.3 Å². The Morgan fingerprint density at radius 3 is 2.50 bits per heavy atom. The molecule has 0 saturated heterocycles. The average molecular weight is 264 g/mol. The van der Waals surface area contributed by atoms with Crippen LogP contribution in [0.2, 0.25) is 0 Å². The highest BCUT2D eigenvalue weighted by Crippen LogP contribution is 2.38. The quantitative estimate of drug-likeness (QED) is 0.903. The Morgan fingerprint density at radius 1 is 1.44 bits per heavy atom. The summed E-state index contributed by atoms with van der Waals surface area (Å²) >= 11 is 1.43. The van der Waals surface area contributed by atoms with Gasteiger partial charge in [0.25, 0.3) is 0 Å². The van der Waals surface area contributed by atoms with Crippen LogP contribution in [0.1, 0.15) is 18.1 Å². The Hall–Kier alpha value is -1.33. The van der Waals surface area contributed by atoms with Crippen molar-refractivity contribution in [1.29, 1.82) is 0 Å². The first-order valence-corrected chi connectivity index (χ1v) is 6.51. The second kappa shape index (κ2) is 4.74. The molecule has 1 aliphatic rings. The van der Waals surface area contributed by atoms with Crippen molar-refractivity contribution in [1.82, 2.24) is 0 Å². The number of rotatable bonds is 3. The number of methoxy groups -OCH3 is 1. The van der Waals surface area contributed by atoms with Gasteiger partial charge in [0, 0.05) is 12.7 Å². The molecule has 1 aromatic rings. The highest BCUT2D eigenvalue weighted by molar-refractivity contribution is 8.15. The first kappa shape index (κ1) is 13.1. The summed E-state index contributed by atoms with van der Waals surface area (Å²) in [5, 5.41) is 0.795. The molecule has 18 heavy (non-hydrogen) atoms. The molecule has 0 aliphatic carbocycles. The van der Waals surface area contributed by atoms with Crippen LogP contribution in [0, 0.1) is 6.92 Å². The van der Waals surface area contributed by atoms with Crippen LogP contribution in [0.25, 0.3) is 0 Å². The van der Waals surface area contributed by atoms with Gasteiger partial charge in [0.2, 0.25) is 5.91 Å². The Kier molecular flexibility index (Phi) is 3.45. The fourth-order valence-electron chi connectivity index (χ4n) is 1.78. The molecule has 5 heteroatoms. The Morgan fingerprint density at radius 2 is 2.06 bits per heavy atom. The maximum Gasteiger partial charge on any atom is 0.248 e. The number of carbonyl (C=O) groups is 1. The van der Waals surface area contributed by atoms with Gasteiger partial charge < -0.3 is 10.5 Å². The van der Waals surface area contributed by atoms with Crippen LogP contribution in [0.3, 0.4) is 0 Å². The predicted octanol–water partition coefficient (Wildman–Crippen LogP) is 1.70. The molecule has 0 bridgehead atoms. The lowest BCUT2D eigenvalue weighted by Crippen LogP contribution is -2.46. The Bertz CT molecular complexity index is 498. The molecule has 2 rings (SSSR count). The van der Waals surface area contributed by atoms with Crippen LogP contribution in [-0.2, 0) is 9.53 Å². The number of benzene rings is 1. The molecule has 1 aliphatic heterocycles. The van der Waals surface area contributed by atoms with E-state index in [1.165, 1.54) is 17.3 Å². The summed E-state index contributed by atoms with van der Waals surface area (Å²) in [7, 11) is 1.56. The van der Waals surface area contributed by atoms with Crippen LogP contribution >= 0.6 is 11.8 Å². The van der Waals surface area contributed by atoms with Crippen molar-refractivity contribution in [2.75, 3.05) is 7.11 Å². The van der Waals surface area contributed by atoms with Crippen LogP contribution in [0.4, 0.5) is 0 Å². The van der Waals surface area contributed by atoms with E-state index >= 15 is 0 Å². The highest BCUT2D eigenvalue weighted by atomic mass is 32.2. The third-order valence-corrected chi connectivity index (χ3v) is 4.44. The third-order valence-electron chi connectivity index (χ3n) is 3.02. The number of nitrogens with two attached hydrogens (primary N) is 1. The van der Waals surface area contributed by atoms with Gasteiger partial charge in [0.05, 0.1) is 0 Å². The summed E-state index contributed by atoms with van der Waals surface area (Å²) in [5.74, 6) is -0.469. The fraction of sp³-hybridized carbons (Fsp3) is 0.385. The van der Waals surface area contributed by atoms with Gasteiger partial charge in [-0.25, -0.2) is 0 Å². The van der Waals surface area contributed by atoms with Gasteiger partial charge >= 0.3 is 0 Å². The van der Waals surface area contributed by atoms with Gasteiger partial charge in [0.1, 0.15) is 10.5 Å². The molecular formula is C13H16N2O2S. The minimum absolute atomic E-state index is 0.369. The first-order chi connectivity index (χ1) is 8.47. The molecule has 1 amide bonds. The SMILES string of the molecule is COC1SC(c2ccc(C)cc2)=N[C@]1(C)C(N)=O. The summed E-state index contributed by atoms with van der Waals surface area (Å²) in [5.41, 5.74) is 6.22. The Balaban J connectivity index is 2.36. The monoisotopic (exact) mass is 264 g/mol. The molecule has 0 fully saturated rings. The van der Waals surface area contributed by atoms with Gasteiger partial charge in [-0.2, -0.15) is 0 Å². The molecule has 2 N–H and O–H groups in total. The van der Waals surface area contributed by atoms with E-state index < -0.39 is 11.4 Å². The zero-order chi connectivity index (χ0) is 13.3. The van der Waals surface area contributed by atoms with Gasteiger partial charge in [-0.05, 0) is 13.8 Å². The van der Waals surface area contributed by atoms with Gasteiger partial charge in [-0.3, -0.25) is 9.79 Å². The number of hydrogen-bond donors (Lipinski definition) is 1. The third kappa shape index (κ3) is 2.15. The lowest BCUT2D eigenvalue weighted by Gasteiger charge is -2.22. The number of amides is 1. The summed E-state index contributed by atoms with van der Waals surface area (Å²) in [6, 6.07) is 8.00. The van der Waals surface area contributed by atoms with Gasteiger partial charge in [0.15, 0.2) is 5.54 Å². The standard InChI is InChI=1S/C13H16N2O2S/c1-8-4-6-9(7-5-8)10-15-13(2,11(14)16)12(17-3)18-10/h4-7,12H,1-3H3,(H2,14,16)/t12?,13-/m1/s1. The smallest absolute Gasteiger partial charge is 0.248 e. The molecule has 0 aromatic heterocycles. The molecule has 96 valence electrons. The van der Waals surface area contributed by atoms with E-state index in [0.717, 1.165) is 10.6 Å². The van der Waals surface area contributed by atoms with E-state index in [4.69, 9.17) is 10.5 Å². The Labute approximate surface area is 111 Å². The number of nitrogens with zero attached hydrogens (tertiary/aromatic N) is 1. The molecule has 4 nitrogen and oxygen atoms in total. The van der Waals surface area contributed by atoms with Crippen molar-refractivity contribution < 1.29 is 9.53 Å². The van der Waals surface area contributed by atoms with E-state index in [1.54, 1.807) is 14.0 Å². The lowest BCUT2D eigenvalue weighted by atomic mass is 10.0. The molecule has 1 aromatic carbocycles. The van der Waals surface area contributed by atoms with Crippen LogP contribution in [-0.4, -0.2) is 29.0 Å². The van der Waals surface area contributed by atoms with Crippen molar-refractivity contribution in [2.24, 2.45) is 10.7 Å². The van der Waals surface area contributed by atoms with Crippen LogP contribution < -0.4 is 5.73 Å². The molecule has 0 saturated carbocycles. The summed E-state index contributed by atoms with van der Waals surface area (Å²) in [6.45, 7) is 3.73. The highest BCUT2D eigenvalue weighted by Gasteiger charge is 2.46. The fourth-order valence-corrected chi connectivity index (χ4v) is 3.00. The van der Waals surface area contributed by atoms with E-state index in [2.05, 4.69) is 4.99 Å². The second-order valence-corrected chi connectivity index (χ2v) is 5.53. The van der Waals surface area contributed by atoms with Gasteiger partial charge in [-0.1, -0.05) is 41.6 Å². The van der Waals surface area contributed by atoms with Crippen molar-refractivity contribution >= 4 is 22.7 Å². The second-order valence-electron chi connectivity index (χ2n) is 4.48.